The molecule has 0 saturated carbocycles. The van der Waals surface area contributed by atoms with Crippen molar-refractivity contribution in [3.05, 3.63) is 48.5 Å². The lowest BCUT2D eigenvalue weighted by atomic mass is 9.95. The van der Waals surface area contributed by atoms with E-state index in [9.17, 15) is 36.4 Å². The molecule has 9 nitrogen and oxygen atoms in total. The van der Waals surface area contributed by atoms with E-state index in [4.69, 9.17) is 4.74 Å². The lowest BCUT2D eigenvalue weighted by Gasteiger charge is -2.37. The molecule has 2 amide bonds. The number of rotatable bonds is 9. The Kier molecular flexibility index (Phi) is 7.81. The third-order valence-corrected chi connectivity index (χ3v) is 8.45. The van der Waals surface area contributed by atoms with Crippen LogP contribution in [0.3, 0.4) is 0 Å². The first-order valence-electron chi connectivity index (χ1n) is 10.4. The zero-order valence-corrected chi connectivity index (χ0v) is 20.9. The Bertz CT molecular complexity index is 1200. The summed E-state index contributed by atoms with van der Waals surface area (Å²) in [6.07, 6.45) is -4.72. The molecule has 2 atom stereocenters. The molecule has 0 unspecified atom stereocenters. The summed E-state index contributed by atoms with van der Waals surface area (Å²) in [5.41, 5.74) is 0. The van der Waals surface area contributed by atoms with Crippen molar-refractivity contribution in [2.24, 2.45) is 0 Å². The van der Waals surface area contributed by atoms with E-state index in [0.717, 1.165) is 23.9 Å². The topological polar surface area (TPSA) is 113 Å². The number of halogens is 3. The minimum atomic E-state index is -4.82. The molecule has 0 aliphatic carbocycles. The number of nitrogens with zero attached hydrogens (tertiary/aromatic N) is 2. The summed E-state index contributed by atoms with van der Waals surface area (Å²) in [5, 5.41) is 10.1. The summed E-state index contributed by atoms with van der Waals surface area (Å²) in [4.78, 5) is 24.7. The Hall–Kier alpha value is -2.97. The number of hydroxylamine groups is 2. The first kappa shape index (κ1) is 27.6. The maximum absolute atomic E-state index is 13.1. The largest absolute Gasteiger partial charge is 0.573 e. The predicted molar refractivity (Wildman–Crippen MR) is 124 cm³/mol. The number of sulfone groups is 1. The maximum atomic E-state index is 13.1. The molecule has 36 heavy (non-hydrogen) atoms. The molecule has 14 heteroatoms. The van der Waals surface area contributed by atoms with Crippen molar-refractivity contribution in [2.45, 2.75) is 41.9 Å². The van der Waals surface area contributed by atoms with Gasteiger partial charge in [0.2, 0.25) is 6.41 Å². The first-order valence-corrected chi connectivity index (χ1v) is 12.8. The van der Waals surface area contributed by atoms with Crippen molar-refractivity contribution in [2.75, 3.05) is 12.8 Å². The van der Waals surface area contributed by atoms with Crippen molar-refractivity contribution in [1.82, 2.24) is 9.96 Å². The summed E-state index contributed by atoms with van der Waals surface area (Å²) in [6, 6.07) is 7.85. The minimum absolute atomic E-state index is 0.0968. The number of benzene rings is 2. The zero-order valence-electron chi connectivity index (χ0n) is 19.3. The third kappa shape index (κ3) is 6.42. The summed E-state index contributed by atoms with van der Waals surface area (Å²) >= 11 is 0.982. The molecule has 1 heterocycles. The van der Waals surface area contributed by atoms with E-state index < -0.39 is 44.5 Å². The van der Waals surface area contributed by atoms with Gasteiger partial charge in [0.25, 0.3) is 5.24 Å². The molecule has 0 bridgehead atoms. The quantitative estimate of drug-likeness (QED) is 0.280. The second-order valence-electron chi connectivity index (χ2n) is 8.45. The fraction of sp³-hybridized carbons (Fsp3) is 0.364. The highest BCUT2D eigenvalue weighted by Gasteiger charge is 2.51. The maximum Gasteiger partial charge on any atom is 0.573 e. The highest BCUT2D eigenvalue weighted by molar-refractivity contribution is 8.15. The number of likely N-dealkylation sites (N-methyl/N-ethyl adjacent to an activating group) is 1. The van der Waals surface area contributed by atoms with Gasteiger partial charge in [-0.2, -0.15) is 0 Å². The second kappa shape index (κ2) is 10.2. The number of hydrogen-bond donors (Lipinski definition) is 1. The Labute approximate surface area is 209 Å². The van der Waals surface area contributed by atoms with Gasteiger partial charge < -0.3 is 14.4 Å². The number of hydrogen-bond acceptors (Lipinski definition) is 8. The van der Waals surface area contributed by atoms with E-state index in [1.807, 2.05) is 0 Å². The van der Waals surface area contributed by atoms with Crippen molar-refractivity contribution >= 4 is 33.2 Å². The van der Waals surface area contributed by atoms with Gasteiger partial charge in [-0.15, -0.1) is 13.2 Å². The van der Waals surface area contributed by atoms with Gasteiger partial charge in [0.15, 0.2) is 9.84 Å². The summed E-state index contributed by atoms with van der Waals surface area (Å²) < 4.78 is 71.6. The van der Waals surface area contributed by atoms with E-state index in [1.165, 1.54) is 48.3 Å². The predicted octanol–water partition coefficient (Wildman–Crippen LogP) is 4.31. The number of ether oxygens (including phenoxy) is 2. The molecule has 0 aromatic heterocycles. The first-order chi connectivity index (χ1) is 16.6. The van der Waals surface area contributed by atoms with Crippen LogP contribution in [-0.4, -0.2) is 71.2 Å². The van der Waals surface area contributed by atoms with Crippen LogP contribution < -0.4 is 9.47 Å². The summed E-state index contributed by atoms with van der Waals surface area (Å²) in [6.45, 7) is 3.44. The van der Waals surface area contributed by atoms with Crippen molar-refractivity contribution < 1.29 is 45.9 Å². The van der Waals surface area contributed by atoms with E-state index in [2.05, 4.69) is 4.74 Å². The van der Waals surface area contributed by atoms with Crippen LogP contribution in [0.25, 0.3) is 0 Å². The van der Waals surface area contributed by atoms with E-state index >= 15 is 0 Å². The van der Waals surface area contributed by atoms with Crippen LogP contribution in [0, 0.1) is 0 Å². The average molecular weight is 549 g/mol. The Morgan fingerprint density at radius 1 is 1.11 bits per heavy atom. The molecule has 2 aromatic rings. The normalized spacial score (nSPS) is 18.6. The lowest BCUT2D eigenvalue weighted by molar-refractivity contribution is -0.274. The van der Waals surface area contributed by atoms with Gasteiger partial charge in [0.05, 0.1) is 22.7 Å². The number of amides is 2. The standard InChI is InChI=1S/C22H23F3N2O7S2/c1-21(2)19(26(3)20(29)35-21)18(27(30)13-28)12-36(31,32)17-10-8-15(9-11-17)33-14-4-6-16(7-5-14)34-22(23,24)25/h4-11,13,18-19,30H,12H2,1-3H3/t18-,19-/m0/s1. The second-order valence-corrected chi connectivity index (χ2v) is 12.1. The molecule has 1 saturated heterocycles. The van der Waals surface area contributed by atoms with Crippen LogP contribution in [0.1, 0.15) is 13.8 Å². The number of carbonyl (C=O) groups is 2. The van der Waals surface area contributed by atoms with Crippen LogP contribution in [0.5, 0.6) is 17.2 Å². The van der Waals surface area contributed by atoms with E-state index in [1.54, 1.807) is 13.8 Å². The Morgan fingerprint density at radius 2 is 1.61 bits per heavy atom. The fourth-order valence-corrected chi connectivity index (χ4v) is 6.60. The van der Waals surface area contributed by atoms with E-state index in [0.29, 0.717) is 0 Å². The molecule has 1 N–H and O–H groups in total. The molecule has 196 valence electrons. The van der Waals surface area contributed by atoms with Crippen LogP contribution in [0.4, 0.5) is 18.0 Å². The van der Waals surface area contributed by atoms with Crippen molar-refractivity contribution in [3.8, 4) is 17.2 Å². The molecule has 0 radical (unpaired) electrons. The molecule has 3 rings (SSSR count). The monoisotopic (exact) mass is 548 g/mol. The molecule has 1 aliphatic rings. The molecule has 1 aliphatic heterocycles. The van der Waals surface area contributed by atoms with Crippen LogP contribution in [-0.2, 0) is 14.6 Å². The highest BCUT2D eigenvalue weighted by Crippen LogP contribution is 2.42. The third-order valence-electron chi connectivity index (χ3n) is 5.45. The fourth-order valence-electron chi connectivity index (χ4n) is 3.93. The van der Waals surface area contributed by atoms with Crippen molar-refractivity contribution in [1.29, 1.82) is 0 Å². The van der Waals surface area contributed by atoms with Gasteiger partial charge in [-0.25, -0.2) is 13.5 Å². The zero-order chi connectivity index (χ0) is 26.9. The minimum Gasteiger partial charge on any atom is -0.457 e. The van der Waals surface area contributed by atoms with Crippen molar-refractivity contribution in [3.63, 3.8) is 0 Å². The SMILES string of the molecule is CN1C(=O)SC(C)(C)[C@@H]1[C@H](CS(=O)(=O)c1ccc(Oc2ccc(OC(F)(F)F)cc2)cc1)N(O)C=O. The summed E-state index contributed by atoms with van der Waals surface area (Å²) in [5.74, 6) is -0.675. The number of thioether (sulfide) groups is 1. The molecular weight excluding hydrogens is 525 g/mol. The Morgan fingerprint density at radius 3 is 2.06 bits per heavy atom. The van der Waals surface area contributed by atoms with Crippen LogP contribution in [0.2, 0.25) is 0 Å². The van der Waals surface area contributed by atoms with Gasteiger partial charge in [0, 0.05) is 11.8 Å². The smallest absolute Gasteiger partial charge is 0.457 e. The summed E-state index contributed by atoms with van der Waals surface area (Å²) in [7, 11) is -2.57. The van der Waals surface area contributed by atoms with Gasteiger partial charge in [-0.1, -0.05) is 11.8 Å². The van der Waals surface area contributed by atoms with Crippen LogP contribution in [0.15, 0.2) is 53.4 Å². The molecule has 2 aromatic carbocycles. The van der Waals surface area contributed by atoms with Gasteiger partial charge in [-0.3, -0.25) is 14.8 Å². The van der Waals surface area contributed by atoms with E-state index in [-0.39, 0.29) is 33.1 Å². The van der Waals surface area contributed by atoms with Gasteiger partial charge in [0.1, 0.15) is 17.2 Å². The highest BCUT2D eigenvalue weighted by atomic mass is 32.2. The average Bonchev–Trinajstić information content (AvgIpc) is 2.98. The molecular formula is C22H23F3N2O7S2. The molecule has 1 fully saturated rings. The number of alkyl halides is 3. The Balaban J connectivity index is 1.76. The van der Waals surface area contributed by atoms with Gasteiger partial charge in [-0.05, 0) is 62.4 Å². The van der Waals surface area contributed by atoms with Crippen LogP contribution >= 0.6 is 11.8 Å². The number of carbonyl (C=O) groups excluding carboxylic acids is 2. The van der Waals surface area contributed by atoms with Gasteiger partial charge >= 0.3 is 6.36 Å². The lowest BCUT2D eigenvalue weighted by Crippen LogP contribution is -2.56. The molecule has 0 spiro atoms.